The minimum atomic E-state index is -1.58. The molecule has 1 saturated heterocycles. The number of terminal acetylenes is 1. The molecule has 32 heavy (non-hydrogen) atoms. The van der Waals surface area contributed by atoms with Gasteiger partial charge in [-0.15, -0.1) is 6.42 Å². The van der Waals surface area contributed by atoms with Gasteiger partial charge >= 0.3 is 0 Å². The zero-order valence-corrected chi connectivity index (χ0v) is 19.4. The molecule has 8 heteroatoms. The SMILES string of the molecule is C#Cc1nc(NC(=O)c2ccc(CN3CCN(C)CC3)c(C(C)(C)F)c2)ncc1N(C)C. The van der Waals surface area contributed by atoms with Crippen LogP contribution in [0.3, 0.4) is 0 Å². The van der Waals surface area contributed by atoms with Crippen molar-refractivity contribution >= 4 is 17.5 Å². The molecule has 1 aliphatic heterocycles. The number of nitrogens with one attached hydrogen (secondary N) is 1. The first-order valence-corrected chi connectivity index (χ1v) is 10.6. The Kier molecular flexibility index (Phi) is 7.12. The summed E-state index contributed by atoms with van der Waals surface area (Å²) >= 11 is 0. The maximum Gasteiger partial charge on any atom is 0.258 e. The fourth-order valence-electron chi connectivity index (χ4n) is 3.70. The van der Waals surface area contributed by atoms with E-state index in [9.17, 15) is 4.79 Å². The molecule has 1 fully saturated rings. The lowest BCUT2D eigenvalue weighted by molar-refractivity contribution is 0.102. The largest absolute Gasteiger partial charge is 0.374 e. The monoisotopic (exact) mass is 438 g/mol. The number of carbonyl (C=O) groups excluding carboxylic acids is 1. The predicted molar refractivity (Wildman–Crippen MR) is 126 cm³/mol. The number of anilines is 2. The van der Waals surface area contributed by atoms with E-state index in [-0.39, 0.29) is 5.95 Å². The summed E-state index contributed by atoms with van der Waals surface area (Å²) < 4.78 is 15.1. The van der Waals surface area contributed by atoms with E-state index in [1.165, 1.54) is 13.8 Å². The number of piperazine rings is 1. The highest BCUT2D eigenvalue weighted by Crippen LogP contribution is 2.30. The number of amides is 1. The van der Waals surface area contributed by atoms with Crippen molar-refractivity contribution in [1.82, 2.24) is 19.8 Å². The van der Waals surface area contributed by atoms with Gasteiger partial charge in [-0.3, -0.25) is 15.0 Å². The van der Waals surface area contributed by atoms with E-state index in [4.69, 9.17) is 6.42 Å². The van der Waals surface area contributed by atoms with Gasteiger partial charge in [0.1, 0.15) is 11.4 Å². The highest BCUT2D eigenvalue weighted by Gasteiger charge is 2.26. The van der Waals surface area contributed by atoms with E-state index in [0.717, 1.165) is 31.7 Å². The van der Waals surface area contributed by atoms with Crippen LogP contribution in [0.15, 0.2) is 24.4 Å². The fraction of sp³-hybridized carbons (Fsp3) is 0.458. The summed E-state index contributed by atoms with van der Waals surface area (Å²) in [6.07, 6.45) is 7.10. The summed E-state index contributed by atoms with van der Waals surface area (Å²) in [5.74, 6) is 2.20. The second kappa shape index (κ2) is 9.63. The minimum Gasteiger partial charge on any atom is -0.374 e. The van der Waals surface area contributed by atoms with Gasteiger partial charge < -0.3 is 9.80 Å². The lowest BCUT2D eigenvalue weighted by Gasteiger charge is -2.33. The van der Waals surface area contributed by atoms with Gasteiger partial charge in [0.05, 0.1) is 11.9 Å². The highest BCUT2D eigenvalue weighted by atomic mass is 19.1. The molecule has 0 atom stereocenters. The van der Waals surface area contributed by atoms with Gasteiger partial charge in [0, 0.05) is 52.4 Å². The zero-order chi connectivity index (χ0) is 23.5. The van der Waals surface area contributed by atoms with Gasteiger partial charge in [-0.2, -0.15) is 0 Å². The van der Waals surface area contributed by atoms with E-state index in [1.54, 1.807) is 23.2 Å². The molecule has 3 rings (SSSR count). The fourth-order valence-corrected chi connectivity index (χ4v) is 3.70. The van der Waals surface area contributed by atoms with Crippen LogP contribution in [0.4, 0.5) is 16.0 Å². The summed E-state index contributed by atoms with van der Waals surface area (Å²) in [5, 5.41) is 2.67. The first-order chi connectivity index (χ1) is 15.1. The molecular weight excluding hydrogens is 407 g/mol. The van der Waals surface area contributed by atoms with Crippen LogP contribution in [0.25, 0.3) is 0 Å². The van der Waals surface area contributed by atoms with Crippen LogP contribution < -0.4 is 10.2 Å². The molecule has 1 amide bonds. The van der Waals surface area contributed by atoms with Crippen LogP contribution >= 0.6 is 0 Å². The van der Waals surface area contributed by atoms with Gasteiger partial charge in [0.25, 0.3) is 5.91 Å². The first-order valence-electron chi connectivity index (χ1n) is 10.6. The molecule has 0 radical (unpaired) electrons. The van der Waals surface area contributed by atoms with Crippen molar-refractivity contribution < 1.29 is 9.18 Å². The van der Waals surface area contributed by atoms with Crippen molar-refractivity contribution in [3.8, 4) is 12.3 Å². The number of nitrogens with zero attached hydrogens (tertiary/aromatic N) is 5. The Morgan fingerprint density at radius 3 is 2.56 bits per heavy atom. The normalized spacial score (nSPS) is 15.3. The number of aromatic nitrogens is 2. The molecule has 1 N–H and O–H groups in total. The maximum atomic E-state index is 15.1. The van der Waals surface area contributed by atoms with Gasteiger partial charge in [-0.25, -0.2) is 14.4 Å². The number of alkyl halides is 1. The standard InChI is InChI=1S/C24H31FN6O/c1-7-20-21(29(4)5)15-26-23(27-20)28-22(32)17-8-9-18(19(14-17)24(2,3)25)16-31-12-10-30(6)11-13-31/h1,8-9,14-15H,10-13,16H2,2-6H3,(H,26,27,28,32). The van der Waals surface area contributed by atoms with Crippen molar-refractivity contribution in [3.63, 3.8) is 0 Å². The van der Waals surface area contributed by atoms with Crippen molar-refractivity contribution in [3.05, 3.63) is 46.8 Å². The lowest BCUT2D eigenvalue weighted by Crippen LogP contribution is -2.44. The topological polar surface area (TPSA) is 64.6 Å². The van der Waals surface area contributed by atoms with E-state index in [2.05, 4.69) is 38.1 Å². The van der Waals surface area contributed by atoms with Crippen LogP contribution in [0.2, 0.25) is 0 Å². The number of benzene rings is 1. The first kappa shape index (κ1) is 23.6. The molecule has 7 nitrogen and oxygen atoms in total. The average Bonchev–Trinajstić information content (AvgIpc) is 2.74. The minimum absolute atomic E-state index is 0.108. The number of hydrogen-bond donors (Lipinski definition) is 1. The second-order valence-corrected chi connectivity index (χ2v) is 8.84. The van der Waals surface area contributed by atoms with Crippen molar-refractivity contribution in [1.29, 1.82) is 0 Å². The van der Waals surface area contributed by atoms with E-state index >= 15 is 4.39 Å². The highest BCUT2D eigenvalue weighted by molar-refractivity contribution is 6.03. The average molecular weight is 439 g/mol. The molecule has 1 aromatic carbocycles. The van der Waals surface area contributed by atoms with Gasteiger partial charge in [0.15, 0.2) is 0 Å². The zero-order valence-electron chi connectivity index (χ0n) is 19.4. The second-order valence-electron chi connectivity index (χ2n) is 8.84. The van der Waals surface area contributed by atoms with Crippen LogP contribution in [0.1, 0.15) is 41.0 Å². The Morgan fingerprint density at radius 2 is 1.97 bits per heavy atom. The van der Waals surface area contributed by atoms with Crippen LogP contribution in [-0.2, 0) is 12.2 Å². The lowest BCUT2D eigenvalue weighted by atomic mass is 9.92. The van der Waals surface area contributed by atoms with Crippen LogP contribution in [0, 0.1) is 12.3 Å². The van der Waals surface area contributed by atoms with Gasteiger partial charge in [0.2, 0.25) is 5.95 Å². The van der Waals surface area contributed by atoms with E-state index < -0.39 is 11.6 Å². The Hall–Kier alpha value is -3.02. The molecule has 0 unspecified atom stereocenters. The smallest absolute Gasteiger partial charge is 0.258 e. The molecule has 1 aliphatic rings. The summed E-state index contributed by atoms with van der Waals surface area (Å²) in [6, 6.07) is 5.18. The number of likely N-dealkylation sites (N-methyl/N-ethyl adjacent to an activating group) is 1. The molecule has 0 aliphatic carbocycles. The third-order valence-electron chi connectivity index (χ3n) is 5.62. The summed E-state index contributed by atoms with van der Waals surface area (Å²) in [5.41, 5.74) is 1.22. The molecule has 1 aromatic heterocycles. The van der Waals surface area contributed by atoms with Crippen molar-refractivity contribution in [2.24, 2.45) is 0 Å². The van der Waals surface area contributed by atoms with E-state index in [0.29, 0.717) is 29.1 Å². The predicted octanol–water partition coefficient (Wildman–Crippen LogP) is 2.73. The van der Waals surface area contributed by atoms with Crippen LogP contribution in [0.5, 0.6) is 0 Å². The third kappa shape index (κ3) is 5.61. The molecule has 0 bridgehead atoms. The number of halogens is 1. The molecule has 2 heterocycles. The molecule has 2 aromatic rings. The Morgan fingerprint density at radius 1 is 1.28 bits per heavy atom. The summed E-state index contributed by atoms with van der Waals surface area (Å²) in [7, 11) is 5.77. The Labute approximate surface area is 189 Å². The molecule has 170 valence electrons. The maximum absolute atomic E-state index is 15.1. The molecule has 0 spiro atoms. The molecular formula is C24H31FN6O. The van der Waals surface area contributed by atoms with Crippen molar-refractivity contribution in [2.75, 3.05) is 57.5 Å². The van der Waals surface area contributed by atoms with Gasteiger partial charge in [-0.1, -0.05) is 6.07 Å². The molecule has 0 saturated carbocycles. The Balaban J connectivity index is 1.82. The number of hydrogen-bond acceptors (Lipinski definition) is 6. The Bertz CT molecular complexity index is 1020. The quantitative estimate of drug-likeness (QED) is 0.700. The summed E-state index contributed by atoms with van der Waals surface area (Å²) in [6.45, 7) is 7.52. The van der Waals surface area contributed by atoms with Crippen molar-refractivity contribution in [2.45, 2.75) is 26.1 Å². The van der Waals surface area contributed by atoms with E-state index in [1.807, 2.05) is 20.2 Å². The van der Waals surface area contributed by atoms with Gasteiger partial charge in [-0.05, 0) is 50.1 Å². The third-order valence-corrected chi connectivity index (χ3v) is 5.62. The number of rotatable bonds is 6. The number of carbonyl (C=O) groups is 1. The summed E-state index contributed by atoms with van der Waals surface area (Å²) in [4.78, 5) is 27.7. The van der Waals surface area contributed by atoms with Crippen LogP contribution in [-0.4, -0.2) is 73.0 Å².